The third-order valence-electron chi connectivity index (χ3n) is 4.61. The maximum absolute atomic E-state index is 12.3. The molecule has 142 valence electrons. The summed E-state index contributed by atoms with van der Waals surface area (Å²) in [4.78, 5) is 30.5. The van der Waals surface area contributed by atoms with Gasteiger partial charge in [-0.1, -0.05) is 35.9 Å². The molecular formula is C22H20N2O3S. The van der Waals surface area contributed by atoms with Gasteiger partial charge in [0.2, 0.25) is 5.91 Å². The van der Waals surface area contributed by atoms with Crippen LogP contribution in [0.15, 0.2) is 53.9 Å². The first-order valence-corrected chi connectivity index (χ1v) is 10.1. The van der Waals surface area contributed by atoms with Crippen molar-refractivity contribution < 1.29 is 14.3 Å². The van der Waals surface area contributed by atoms with E-state index in [1.165, 1.54) is 16.9 Å². The van der Waals surface area contributed by atoms with Crippen LogP contribution in [0, 0.1) is 6.92 Å². The molecule has 2 heterocycles. The molecule has 1 aliphatic rings. The normalized spacial score (nSPS) is 13.8. The van der Waals surface area contributed by atoms with Crippen LogP contribution >= 0.6 is 11.3 Å². The van der Waals surface area contributed by atoms with E-state index < -0.39 is 0 Å². The fourth-order valence-corrected chi connectivity index (χ4v) is 3.99. The van der Waals surface area contributed by atoms with Gasteiger partial charge in [0.05, 0.1) is 12.1 Å². The number of benzene rings is 2. The van der Waals surface area contributed by atoms with Crippen LogP contribution in [0.25, 0.3) is 10.6 Å². The Kier molecular flexibility index (Phi) is 5.21. The predicted octanol–water partition coefficient (Wildman–Crippen LogP) is 4.39. The Bertz CT molecular complexity index is 1010. The van der Waals surface area contributed by atoms with Crippen molar-refractivity contribution >= 4 is 28.9 Å². The number of carbonyl (C=O) groups excluding carboxylic acids is 2. The molecular weight excluding hydrogens is 372 g/mol. The van der Waals surface area contributed by atoms with E-state index in [2.05, 4.69) is 4.98 Å². The smallest absolute Gasteiger partial charge is 0.317 e. The van der Waals surface area contributed by atoms with Crippen molar-refractivity contribution in [3.8, 4) is 16.3 Å². The van der Waals surface area contributed by atoms with Crippen LogP contribution < -0.4 is 9.64 Å². The van der Waals surface area contributed by atoms with E-state index in [4.69, 9.17) is 4.74 Å². The summed E-state index contributed by atoms with van der Waals surface area (Å²) in [6, 6.07) is 15.3. The van der Waals surface area contributed by atoms with Crippen molar-refractivity contribution in [2.24, 2.45) is 0 Å². The van der Waals surface area contributed by atoms with Crippen LogP contribution in [0.2, 0.25) is 0 Å². The fourth-order valence-electron chi connectivity index (χ4n) is 3.17. The van der Waals surface area contributed by atoms with E-state index in [1.807, 2.05) is 42.6 Å². The minimum Gasteiger partial charge on any atom is -0.426 e. The quantitative estimate of drug-likeness (QED) is 0.477. The Balaban J connectivity index is 1.41. The molecule has 0 aliphatic carbocycles. The highest BCUT2D eigenvalue weighted by Gasteiger charge is 2.22. The average molecular weight is 392 g/mol. The van der Waals surface area contributed by atoms with Gasteiger partial charge in [-0.15, -0.1) is 11.3 Å². The molecule has 1 aliphatic heterocycles. The van der Waals surface area contributed by atoms with Crippen molar-refractivity contribution in [2.75, 3.05) is 11.4 Å². The van der Waals surface area contributed by atoms with Gasteiger partial charge in [-0.2, -0.15) is 0 Å². The molecule has 0 radical (unpaired) electrons. The standard InChI is InChI=1S/C22H20N2O3S/c1-15-7-9-16(10-8-15)22-23-17(14-28-22)12-21(26)27-19-5-2-4-18(13-19)24-11-3-6-20(24)25/h2,4-5,7-10,13-14H,3,6,11-12H2,1H3. The van der Waals surface area contributed by atoms with Gasteiger partial charge in [0.15, 0.2) is 0 Å². The van der Waals surface area contributed by atoms with E-state index in [0.29, 0.717) is 24.4 Å². The molecule has 0 atom stereocenters. The number of anilines is 1. The van der Waals surface area contributed by atoms with Crippen LogP contribution in [0.1, 0.15) is 24.1 Å². The summed E-state index contributed by atoms with van der Waals surface area (Å²) in [5.74, 6) is 0.177. The van der Waals surface area contributed by atoms with Crippen LogP contribution in [0.5, 0.6) is 5.75 Å². The molecule has 1 fully saturated rings. The van der Waals surface area contributed by atoms with Gasteiger partial charge in [0.1, 0.15) is 10.8 Å². The Labute approximate surface area is 167 Å². The van der Waals surface area contributed by atoms with Crippen LogP contribution in [0.4, 0.5) is 5.69 Å². The van der Waals surface area contributed by atoms with Crippen LogP contribution in [-0.2, 0) is 16.0 Å². The zero-order valence-corrected chi connectivity index (χ0v) is 16.4. The molecule has 0 saturated carbocycles. The molecule has 4 rings (SSSR count). The predicted molar refractivity (Wildman–Crippen MR) is 110 cm³/mol. The maximum Gasteiger partial charge on any atom is 0.317 e. The third kappa shape index (κ3) is 4.12. The summed E-state index contributed by atoms with van der Waals surface area (Å²) in [7, 11) is 0. The van der Waals surface area contributed by atoms with Gasteiger partial charge in [0.25, 0.3) is 0 Å². The van der Waals surface area contributed by atoms with Crippen molar-refractivity contribution in [3.05, 3.63) is 65.2 Å². The molecule has 3 aromatic rings. The number of hydrogen-bond donors (Lipinski definition) is 0. The van der Waals surface area contributed by atoms with E-state index in [-0.39, 0.29) is 18.3 Å². The number of aryl methyl sites for hydroxylation is 1. The zero-order chi connectivity index (χ0) is 19.5. The molecule has 28 heavy (non-hydrogen) atoms. The number of amides is 1. The topological polar surface area (TPSA) is 59.5 Å². The monoisotopic (exact) mass is 392 g/mol. The van der Waals surface area contributed by atoms with Gasteiger partial charge >= 0.3 is 5.97 Å². The maximum atomic E-state index is 12.3. The Morgan fingerprint density at radius 2 is 2.04 bits per heavy atom. The third-order valence-corrected chi connectivity index (χ3v) is 5.55. The molecule has 0 unspecified atom stereocenters. The summed E-state index contributed by atoms with van der Waals surface area (Å²) >= 11 is 1.51. The van der Waals surface area contributed by atoms with Crippen molar-refractivity contribution in [3.63, 3.8) is 0 Å². The van der Waals surface area contributed by atoms with Crippen molar-refractivity contribution in [1.82, 2.24) is 4.98 Å². The largest absolute Gasteiger partial charge is 0.426 e. The summed E-state index contributed by atoms with van der Waals surface area (Å²) in [6.45, 7) is 2.75. The summed E-state index contributed by atoms with van der Waals surface area (Å²) in [6.07, 6.45) is 1.53. The van der Waals surface area contributed by atoms with Crippen molar-refractivity contribution in [1.29, 1.82) is 0 Å². The lowest BCUT2D eigenvalue weighted by molar-refractivity contribution is -0.133. The highest BCUT2D eigenvalue weighted by molar-refractivity contribution is 7.13. The average Bonchev–Trinajstić information content (AvgIpc) is 3.31. The van der Waals surface area contributed by atoms with E-state index in [1.54, 1.807) is 23.1 Å². The van der Waals surface area contributed by atoms with Gasteiger partial charge < -0.3 is 9.64 Å². The molecule has 0 bridgehead atoms. The molecule has 1 saturated heterocycles. The van der Waals surface area contributed by atoms with Gasteiger partial charge in [-0.05, 0) is 25.5 Å². The van der Waals surface area contributed by atoms with E-state index in [0.717, 1.165) is 22.7 Å². The van der Waals surface area contributed by atoms with Crippen LogP contribution in [0.3, 0.4) is 0 Å². The first kappa shape index (κ1) is 18.4. The summed E-state index contributed by atoms with van der Waals surface area (Å²) < 4.78 is 5.47. The SMILES string of the molecule is Cc1ccc(-c2nc(CC(=O)Oc3cccc(N4CCCC4=O)c3)cs2)cc1. The molecule has 0 spiro atoms. The molecule has 2 aromatic carbocycles. The second kappa shape index (κ2) is 7.94. The van der Waals surface area contributed by atoms with Gasteiger partial charge in [-0.25, -0.2) is 4.98 Å². The van der Waals surface area contributed by atoms with Crippen LogP contribution in [-0.4, -0.2) is 23.4 Å². The number of aromatic nitrogens is 1. The lowest BCUT2D eigenvalue weighted by Crippen LogP contribution is -2.23. The van der Waals surface area contributed by atoms with E-state index in [9.17, 15) is 9.59 Å². The number of ether oxygens (including phenoxy) is 1. The Morgan fingerprint density at radius 3 is 2.79 bits per heavy atom. The number of carbonyl (C=O) groups is 2. The molecule has 5 nitrogen and oxygen atoms in total. The van der Waals surface area contributed by atoms with Gasteiger partial charge in [0, 0.05) is 35.7 Å². The lowest BCUT2D eigenvalue weighted by atomic mass is 10.2. The second-order valence-electron chi connectivity index (χ2n) is 6.81. The molecule has 1 amide bonds. The zero-order valence-electron chi connectivity index (χ0n) is 15.6. The molecule has 1 aromatic heterocycles. The molecule has 0 N–H and O–H groups in total. The highest BCUT2D eigenvalue weighted by atomic mass is 32.1. The Hall–Kier alpha value is -2.99. The second-order valence-corrected chi connectivity index (χ2v) is 7.67. The molecule has 6 heteroatoms. The number of rotatable bonds is 5. The number of hydrogen-bond acceptors (Lipinski definition) is 5. The number of thiazole rings is 1. The Morgan fingerprint density at radius 1 is 1.21 bits per heavy atom. The minimum absolute atomic E-state index is 0.106. The summed E-state index contributed by atoms with van der Waals surface area (Å²) in [5.41, 5.74) is 3.69. The minimum atomic E-state index is -0.370. The number of esters is 1. The van der Waals surface area contributed by atoms with Crippen molar-refractivity contribution in [2.45, 2.75) is 26.2 Å². The van der Waals surface area contributed by atoms with Gasteiger partial charge in [-0.3, -0.25) is 9.59 Å². The first-order valence-electron chi connectivity index (χ1n) is 9.21. The highest BCUT2D eigenvalue weighted by Crippen LogP contribution is 2.27. The summed E-state index contributed by atoms with van der Waals surface area (Å²) in [5, 5.41) is 2.77. The van der Waals surface area contributed by atoms with E-state index >= 15 is 0 Å². The fraction of sp³-hybridized carbons (Fsp3) is 0.227. The lowest BCUT2D eigenvalue weighted by Gasteiger charge is -2.16. The number of nitrogens with zero attached hydrogens (tertiary/aromatic N) is 2. The first-order chi connectivity index (χ1) is 13.6.